The highest BCUT2D eigenvalue weighted by molar-refractivity contribution is 9.10. The van der Waals surface area contributed by atoms with E-state index in [-0.39, 0.29) is 12.4 Å². The molecular formula is C6H7BrCl2N2. The number of hydrazine groups is 1. The molecule has 5 heteroatoms. The summed E-state index contributed by atoms with van der Waals surface area (Å²) in [7, 11) is 0. The Bertz CT molecular complexity index is 212. The molecule has 1 aromatic carbocycles. The third kappa shape index (κ3) is 3.29. The molecule has 62 valence electrons. The summed E-state index contributed by atoms with van der Waals surface area (Å²) in [5, 5.41) is 0.707. The molecule has 1 aromatic rings. The molecule has 2 N–H and O–H groups in total. The zero-order chi connectivity index (χ0) is 7.56. The van der Waals surface area contributed by atoms with Gasteiger partial charge in [-0.25, -0.2) is 9.88 Å². The van der Waals surface area contributed by atoms with Gasteiger partial charge in [-0.2, -0.15) is 0 Å². The monoisotopic (exact) mass is 256 g/mol. The van der Waals surface area contributed by atoms with Gasteiger partial charge < -0.3 is 0 Å². The standard InChI is InChI=1S/C6H6BrClN2.ClH/c7-10(9)6-3-1-5(8)2-4-6;/h1-4H,9H2;1H. The van der Waals surface area contributed by atoms with Gasteiger partial charge in [0.15, 0.2) is 0 Å². The summed E-state index contributed by atoms with van der Waals surface area (Å²) < 4.78 is 1.35. The maximum absolute atomic E-state index is 5.64. The normalized spacial score (nSPS) is 8.64. The summed E-state index contributed by atoms with van der Waals surface area (Å²) in [5.41, 5.74) is 0.865. The molecule has 2 nitrogen and oxygen atoms in total. The number of hydrogen-bond donors (Lipinski definition) is 1. The Labute approximate surface area is 85.0 Å². The van der Waals surface area contributed by atoms with Crippen LogP contribution in [-0.2, 0) is 0 Å². The predicted octanol–water partition coefficient (Wildman–Crippen LogP) is 2.75. The quantitative estimate of drug-likeness (QED) is 0.476. The minimum Gasteiger partial charge on any atom is -0.245 e. The van der Waals surface area contributed by atoms with Gasteiger partial charge in [0.25, 0.3) is 0 Å². The van der Waals surface area contributed by atoms with Crippen molar-refractivity contribution in [2.45, 2.75) is 0 Å². The number of benzene rings is 1. The average Bonchev–Trinajstić information content (AvgIpc) is 1.88. The molecule has 0 bridgehead atoms. The zero-order valence-electron chi connectivity index (χ0n) is 5.50. The van der Waals surface area contributed by atoms with E-state index in [1.165, 1.54) is 4.03 Å². The topological polar surface area (TPSA) is 29.3 Å². The number of halogens is 3. The molecule has 11 heavy (non-hydrogen) atoms. The minimum absolute atomic E-state index is 0. The fourth-order valence-electron chi connectivity index (χ4n) is 0.584. The van der Waals surface area contributed by atoms with Crippen LogP contribution < -0.4 is 9.88 Å². The van der Waals surface area contributed by atoms with Crippen LogP contribution in [0.25, 0.3) is 0 Å². The number of hydrogen-bond acceptors (Lipinski definition) is 2. The highest BCUT2D eigenvalue weighted by Gasteiger charge is 1.94. The second-order valence-electron chi connectivity index (χ2n) is 1.79. The third-order valence-electron chi connectivity index (χ3n) is 1.07. The van der Waals surface area contributed by atoms with E-state index in [0.717, 1.165) is 5.69 Å². The SMILES string of the molecule is Cl.NN(Br)c1ccc(Cl)cc1. The van der Waals surface area contributed by atoms with Gasteiger partial charge in [0.05, 0.1) is 21.8 Å². The summed E-state index contributed by atoms with van der Waals surface area (Å²) in [6.07, 6.45) is 0. The lowest BCUT2D eigenvalue weighted by molar-refractivity contribution is 1.23. The van der Waals surface area contributed by atoms with Crippen molar-refractivity contribution in [2.24, 2.45) is 5.84 Å². The Morgan fingerprint density at radius 3 is 2.09 bits per heavy atom. The van der Waals surface area contributed by atoms with Gasteiger partial charge in [-0.3, -0.25) is 0 Å². The van der Waals surface area contributed by atoms with Crippen LogP contribution in [0.1, 0.15) is 0 Å². The smallest absolute Gasteiger partial charge is 0.0669 e. The van der Waals surface area contributed by atoms with E-state index in [1.807, 2.05) is 12.1 Å². The van der Waals surface area contributed by atoms with E-state index >= 15 is 0 Å². The first-order chi connectivity index (χ1) is 4.70. The molecule has 0 amide bonds. The van der Waals surface area contributed by atoms with Crippen molar-refractivity contribution in [3.05, 3.63) is 29.3 Å². The first kappa shape index (κ1) is 11.0. The Morgan fingerprint density at radius 1 is 1.27 bits per heavy atom. The van der Waals surface area contributed by atoms with Crippen molar-refractivity contribution in [3.63, 3.8) is 0 Å². The molecule has 0 atom stereocenters. The minimum atomic E-state index is 0. The molecule has 0 unspecified atom stereocenters. The highest BCUT2D eigenvalue weighted by Crippen LogP contribution is 2.17. The van der Waals surface area contributed by atoms with Crippen molar-refractivity contribution in [3.8, 4) is 0 Å². The molecule has 0 saturated heterocycles. The Hall–Kier alpha value is 0.0400. The lowest BCUT2D eigenvalue weighted by atomic mass is 10.3. The fraction of sp³-hybridized carbons (Fsp3) is 0. The highest BCUT2D eigenvalue weighted by atomic mass is 79.9. The van der Waals surface area contributed by atoms with Crippen LogP contribution in [0.4, 0.5) is 5.69 Å². The van der Waals surface area contributed by atoms with Crippen molar-refractivity contribution in [1.29, 1.82) is 0 Å². The van der Waals surface area contributed by atoms with E-state index in [4.69, 9.17) is 17.4 Å². The van der Waals surface area contributed by atoms with Crippen LogP contribution >= 0.6 is 40.2 Å². The molecule has 0 aromatic heterocycles. The van der Waals surface area contributed by atoms with Crippen LogP contribution in [0.3, 0.4) is 0 Å². The van der Waals surface area contributed by atoms with E-state index in [0.29, 0.717) is 5.02 Å². The predicted molar refractivity (Wildman–Crippen MR) is 54.3 cm³/mol. The summed E-state index contributed by atoms with van der Waals surface area (Å²) >= 11 is 8.72. The maximum Gasteiger partial charge on any atom is 0.0669 e. The lowest BCUT2D eigenvalue weighted by Crippen LogP contribution is -2.17. The number of nitrogens with zero attached hydrogens (tertiary/aromatic N) is 1. The van der Waals surface area contributed by atoms with Crippen LogP contribution in [0.2, 0.25) is 5.02 Å². The van der Waals surface area contributed by atoms with Gasteiger partial charge in [-0.05, 0) is 24.3 Å². The second kappa shape index (κ2) is 4.83. The molecule has 0 spiro atoms. The first-order valence-corrected chi connectivity index (χ1v) is 3.75. The van der Waals surface area contributed by atoms with Crippen LogP contribution in [0.15, 0.2) is 24.3 Å². The van der Waals surface area contributed by atoms with E-state index in [9.17, 15) is 0 Å². The van der Waals surface area contributed by atoms with Gasteiger partial charge in [-0.15, -0.1) is 12.4 Å². The fourth-order valence-corrected chi connectivity index (χ4v) is 0.946. The molecule has 0 radical (unpaired) electrons. The molecular weight excluding hydrogens is 251 g/mol. The van der Waals surface area contributed by atoms with E-state index < -0.39 is 0 Å². The van der Waals surface area contributed by atoms with Crippen molar-refractivity contribution < 1.29 is 0 Å². The lowest BCUT2D eigenvalue weighted by Gasteiger charge is -2.07. The third-order valence-corrected chi connectivity index (χ3v) is 1.73. The summed E-state index contributed by atoms with van der Waals surface area (Å²) in [6.45, 7) is 0. The van der Waals surface area contributed by atoms with Crippen molar-refractivity contribution in [2.75, 3.05) is 4.03 Å². The molecule has 0 heterocycles. The van der Waals surface area contributed by atoms with Gasteiger partial charge in [0.2, 0.25) is 0 Å². The van der Waals surface area contributed by atoms with Crippen LogP contribution in [0, 0.1) is 0 Å². The summed E-state index contributed by atoms with van der Waals surface area (Å²) in [6, 6.07) is 7.18. The number of nitrogens with two attached hydrogens (primary N) is 1. The van der Waals surface area contributed by atoms with Crippen LogP contribution in [0.5, 0.6) is 0 Å². The van der Waals surface area contributed by atoms with Crippen LogP contribution in [-0.4, -0.2) is 0 Å². The molecule has 1 rings (SSSR count). The Morgan fingerprint density at radius 2 is 1.73 bits per heavy atom. The number of rotatable bonds is 1. The molecule has 0 aliphatic rings. The number of anilines is 1. The van der Waals surface area contributed by atoms with Gasteiger partial charge in [-0.1, -0.05) is 11.6 Å². The average molecular weight is 258 g/mol. The van der Waals surface area contributed by atoms with Gasteiger partial charge in [0.1, 0.15) is 0 Å². The molecule has 0 saturated carbocycles. The first-order valence-electron chi connectivity index (χ1n) is 2.66. The molecule has 0 aliphatic carbocycles. The Kier molecular flexibility index (Phi) is 4.84. The molecule has 0 aliphatic heterocycles. The van der Waals surface area contributed by atoms with Gasteiger partial charge in [0, 0.05) is 5.02 Å². The zero-order valence-corrected chi connectivity index (χ0v) is 8.66. The van der Waals surface area contributed by atoms with E-state index in [1.54, 1.807) is 12.1 Å². The largest absolute Gasteiger partial charge is 0.245 e. The van der Waals surface area contributed by atoms with Crippen molar-refractivity contribution in [1.82, 2.24) is 0 Å². The van der Waals surface area contributed by atoms with E-state index in [2.05, 4.69) is 16.1 Å². The Balaban J connectivity index is 0.000001000. The second-order valence-corrected chi connectivity index (χ2v) is 2.99. The van der Waals surface area contributed by atoms with Gasteiger partial charge >= 0.3 is 0 Å². The maximum atomic E-state index is 5.64. The van der Waals surface area contributed by atoms with Crippen molar-refractivity contribution >= 4 is 45.8 Å². The molecule has 0 fully saturated rings. The summed E-state index contributed by atoms with van der Waals surface area (Å²) in [4.78, 5) is 0. The summed E-state index contributed by atoms with van der Waals surface area (Å²) in [5.74, 6) is 5.37.